The molecule has 36 heavy (non-hydrogen) atoms. The van der Waals surface area contributed by atoms with E-state index in [0.29, 0.717) is 22.3 Å². The van der Waals surface area contributed by atoms with Crippen LogP contribution in [0.15, 0.2) is 133 Å². The highest BCUT2D eigenvalue weighted by molar-refractivity contribution is 6.16. The second-order valence-electron chi connectivity index (χ2n) is 8.53. The van der Waals surface area contributed by atoms with Gasteiger partial charge in [-0.1, -0.05) is 97.1 Å². The Hall–Kier alpha value is -4.76. The molecule has 0 fully saturated rings. The summed E-state index contributed by atoms with van der Waals surface area (Å²) < 4.78 is 0. The van der Waals surface area contributed by atoms with Gasteiger partial charge in [-0.15, -0.1) is 0 Å². The summed E-state index contributed by atoms with van der Waals surface area (Å²) in [7, 11) is 0. The quantitative estimate of drug-likeness (QED) is 0.226. The summed E-state index contributed by atoms with van der Waals surface area (Å²) in [6.45, 7) is 1.54. The number of carbonyl (C=O) groups excluding carboxylic acids is 2. The summed E-state index contributed by atoms with van der Waals surface area (Å²) in [4.78, 5) is 28.2. The molecule has 0 saturated heterocycles. The molecule has 5 aromatic rings. The normalized spacial score (nSPS) is 10.6. The van der Waals surface area contributed by atoms with E-state index in [4.69, 9.17) is 0 Å². The Morgan fingerprint density at radius 3 is 1.50 bits per heavy atom. The van der Waals surface area contributed by atoms with Crippen molar-refractivity contribution < 1.29 is 9.59 Å². The maximum atomic E-state index is 13.4. The SMILES string of the molecule is CC(=O)c1cccc(C(=O)c2ccccc2)c1-c1ccc(N(c2ccccc2)c2ccccc2)cc1. The third-order valence-electron chi connectivity index (χ3n) is 6.17. The first kappa shape index (κ1) is 23.0. The van der Waals surface area contributed by atoms with Gasteiger partial charge in [0.1, 0.15) is 0 Å². The molecule has 0 atom stereocenters. The van der Waals surface area contributed by atoms with E-state index in [1.165, 1.54) is 6.92 Å². The van der Waals surface area contributed by atoms with Crippen molar-refractivity contribution in [2.45, 2.75) is 6.92 Å². The third-order valence-corrected chi connectivity index (χ3v) is 6.17. The molecule has 0 unspecified atom stereocenters. The van der Waals surface area contributed by atoms with E-state index in [1.807, 2.05) is 78.9 Å². The van der Waals surface area contributed by atoms with Gasteiger partial charge in [0.25, 0.3) is 0 Å². The minimum absolute atomic E-state index is 0.0769. The van der Waals surface area contributed by atoms with Crippen molar-refractivity contribution >= 4 is 28.6 Å². The van der Waals surface area contributed by atoms with Crippen LogP contribution in [0.2, 0.25) is 0 Å². The number of rotatable bonds is 7. The molecular weight excluding hydrogens is 442 g/mol. The molecule has 0 heterocycles. The van der Waals surface area contributed by atoms with Crippen LogP contribution in [0.5, 0.6) is 0 Å². The number of hydrogen-bond acceptors (Lipinski definition) is 3. The van der Waals surface area contributed by atoms with Crippen molar-refractivity contribution in [2.24, 2.45) is 0 Å². The number of para-hydroxylation sites is 2. The predicted octanol–water partition coefficient (Wildman–Crippen LogP) is 8.26. The van der Waals surface area contributed by atoms with Crippen molar-refractivity contribution in [3.63, 3.8) is 0 Å². The van der Waals surface area contributed by atoms with Crippen LogP contribution < -0.4 is 4.90 Å². The monoisotopic (exact) mass is 467 g/mol. The van der Waals surface area contributed by atoms with Crippen LogP contribution in [0, 0.1) is 0 Å². The Morgan fingerprint density at radius 2 is 0.972 bits per heavy atom. The summed E-state index contributed by atoms with van der Waals surface area (Å²) >= 11 is 0. The van der Waals surface area contributed by atoms with Crippen molar-refractivity contribution in [3.05, 3.63) is 150 Å². The summed E-state index contributed by atoms with van der Waals surface area (Å²) in [5.74, 6) is -0.181. The molecule has 0 aliphatic rings. The summed E-state index contributed by atoms with van der Waals surface area (Å²) in [6.07, 6.45) is 0. The van der Waals surface area contributed by atoms with Crippen LogP contribution >= 0.6 is 0 Å². The average Bonchev–Trinajstić information content (AvgIpc) is 2.94. The van der Waals surface area contributed by atoms with Crippen LogP contribution in [0.1, 0.15) is 33.2 Å². The van der Waals surface area contributed by atoms with E-state index in [1.54, 1.807) is 30.3 Å². The summed E-state index contributed by atoms with van der Waals surface area (Å²) in [6, 6.07) is 42.9. The minimum Gasteiger partial charge on any atom is -0.311 e. The van der Waals surface area contributed by atoms with Gasteiger partial charge in [-0.05, 0) is 48.9 Å². The number of anilines is 3. The largest absolute Gasteiger partial charge is 0.311 e. The fourth-order valence-corrected chi connectivity index (χ4v) is 4.47. The predicted molar refractivity (Wildman–Crippen MR) is 146 cm³/mol. The van der Waals surface area contributed by atoms with Crippen LogP contribution in [0.25, 0.3) is 11.1 Å². The third kappa shape index (κ3) is 4.59. The molecule has 0 aliphatic heterocycles. The molecule has 3 nitrogen and oxygen atoms in total. The molecule has 174 valence electrons. The molecular formula is C33H25NO2. The van der Waals surface area contributed by atoms with Gasteiger partial charge in [-0.25, -0.2) is 0 Å². The fraction of sp³-hybridized carbons (Fsp3) is 0.0303. The first-order valence-corrected chi connectivity index (χ1v) is 11.9. The Bertz CT molecular complexity index is 1450. The molecule has 3 heteroatoms. The topological polar surface area (TPSA) is 37.4 Å². The van der Waals surface area contributed by atoms with Crippen LogP contribution in [0.3, 0.4) is 0 Å². The number of nitrogens with zero attached hydrogens (tertiary/aromatic N) is 1. The highest BCUT2D eigenvalue weighted by atomic mass is 16.1. The zero-order valence-electron chi connectivity index (χ0n) is 20.0. The fourth-order valence-electron chi connectivity index (χ4n) is 4.47. The van der Waals surface area contributed by atoms with Gasteiger partial charge in [0.05, 0.1) is 0 Å². The van der Waals surface area contributed by atoms with Crippen molar-refractivity contribution in [2.75, 3.05) is 4.90 Å². The van der Waals surface area contributed by atoms with Crippen LogP contribution in [-0.2, 0) is 0 Å². The second-order valence-corrected chi connectivity index (χ2v) is 8.53. The maximum absolute atomic E-state index is 13.4. The summed E-state index contributed by atoms with van der Waals surface area (Å²) in [5, 5.41) is 0. The van der Waals surface area contributed by atoms with E-state index in [2.05, 4.69) is 29.2 Å². The lowest BCUT2D eigenvalue weighted by Crippen LogP contribution is -2.10. The lowest BCUT2D eigenvalue weighted by molar-refractivity contribution is 0.101. The second kappa shape index (κ2) is 10.2. The van der Waals surface area contributed by atoms with Crippen LogP contribution in [-0.4, -0.2) is 11.6 Å². The van der Waals surface area contributed by atoms with E-state index >= 15 is 0 Å². The molecule has 0 amide bonds. The standard InChI is InChI=1S/C33H25NO2/c1-24(35)30-18-11-19-31(33(36)26-12-5-2-6-13-26)32(30)25-20-22-29(23-21-25)34(27-14-7-3-8-15-27)28-16-9-4-10-17-28/h2-23H,1H3. The molecule has 0 aliphatic carbocycles. The first-order valence-electron chi connectivity index (χ1n) is 11.9. The maximum Gasteiger partial charge on any atom is 0.193 e. The van der Waals surface area contributed by atoms with Gasteiger partial charge >= 0.3 is 0 Å². The Morgan fingerprint density at radius 1 is 0.500 bits per heavy atom. The number of hydrogen-bond donors (Lipinski definition) is 0. The van der Waals surface area contributed by atoms with Crippen molar-refractivity contribution in [1.29, 1.82) is 0 Å². The molecule has 0 spiro atoms. The molecule has 5 rings (SSSR count). The number of benzene rings is 5. The molecule has 5 aromatic carbocycles. The molecule has 0 N–H and O–H groups in total. The van der Waals surface area contributed by atoms with Gasteiger partial charge in [-0.3, -0.25) is 9.59 Å². The van der Waals surface area contributed by atoms with Gasteiger partial charge in [0.2, 0.25) is 0 Å². The smallest absolute Gasteiger partial charge is 0.193 e. The minimum atomic E-state index is -0.104. The zero-order chi connectivity index (χ0) is 24.9. The highest BCUT2D eigenvalue weighted by Crippen LogP contribution is 2.37. The van der Waals surface area contributed by atoms with Crippen molar-refractivity contribution in [3.8, 4) is 11.1 Å². The zero-order valence-corrected chi connectivity index (χ0v) is 20.0. The Labute approximate surface area is 211 Å². The molecule has 0 saturated carbocycles. The van der Waals surface area contributed by atoms with Gasteiger partial charge in [-0.2, -0.15) is 0 Å². The number of carbonyl (C=O) groups is 2. The van der Waals surface area contributed by atoms with E-state index in [9.17, 15) is 9.59 Å². The lowest BCUT2D eigenvalue weighted by atomic mass is 9.89. The van der Waals surface area contributed by atoms with Crippen LogP contribution in [0.4, 0.5) is 17.1 Å². The highest BCUT2D eigenvalue weighted by Gasteiger charge is 2.20. The van der Waals surface area contributed by atoms with Gasteiger partial charge < -0.3 is 4.90 Å². The molecule has 0 radical (unpaired) electrons. The molecule has 0 bridgehead atoms. The first-order chi connectivity index (χ1) is 17.6. The Balaban J connectivity index is 1.62. The average molecular weight is 468 g/mol. The summed E-state index contributed by atoms with van der Waals surface area (Å²) in [5.41, 5.74) is 6.20. The van der Waals surface area contributed by atoms with Crippen molar-refractivity contribution in [1.82, 2.24) is 0 Å². The van der Waals surface area contributed by atoms with E-state index < -0.39 is 0 Å². The van der Waals surface area contributed by atoms with Gasteiger partial charge in [0, 0.05) is 39.3 Å². The lowest BCUT2D eigenvalue weighted by Gasteiger charge is -2.25. The number of Topliss-reactive ketones (excluding diaryl/α,β-unsaturated/α-hetero) is 1. The molecule has 0 aromatic heterocycles. The van der Waals surface area contributed by atoms with Gasteiger partial charge in [0.15, 0.2) is 11.6 Å². The van der Waals surface area contributed by atoms with E-state index in [0.717, 1.165) is 22.6 Å². The number of ketones is 2. The van der Waals surface area contributed by atoms with E-state index in [-0.39, 0.29) is 11.6 Å². The Kier molecular flexibility index (Phi) is 6.55.